The number of ether oxygens (including phenoxy) is 2. The molecule has 1 aliphatic rings. The zero-order valence-corrected chi connectivity index (χ0v) is 19.5. The van der Waals surface area contributed by atoms with E-state index in [0.29, 0.717) is 37.5 Å². The van der Waals surface area contributed by atoms with Crippen LogP contribution >= 0.6 is 11.3 Å². The average molecular weight is 478 g/mol. The highest BCUT2D eigenvalue weighted by atomic mass is 32.1. The molecule has 8 nitrogen and oxygen atoms in total. The fourth-order valence-corrected chi connectivity index (χ4v) is 4.81. The number of aromatic carboxylic acids is 1. The van der Waals surface area contributed by atoms with E-state index in [0.717, 1.165) is 0 Å². The molecule has 2 aromatic carbocycles. The molecule has 0 spiro atoms. The number of carbonyl (C=O) groups excluding carboxylic acids is 2. The maximum atomic E-state index is 13.5. The van der Waals surface area contributed by atoms with Crippen LogP contribution in [0.1, 0.15) is 41.4 Å². The summed E-state index contributed by atoms with van der Waals surface area (Å²) in [7, 11) is 1.56. The lowest BCUT2D eigenvalue weighted by Gasteiger charge is -2.24. The third-order valence-corrected chi connectivity index (χ3v) is 6.38. The molecule has 1 aliphatic heterocycles. The van der Waals surface area contributed by atoms with Crippen molar-refractivity contribution in [2.75, 3.05) is 13.7 Å². The molecule has 0 unspecified atom stereocenters. The Labute approximate surface area is 198 Å². The molecule has 34 heavy (non-hydrogen) atoms. The van der Waals surface area contributed by atoms with Gasteiger partial charge in [-0.15, -0.1) is 0 Å². The first-order valence-corrected chi connectivity index (χ1v) is 11.3. The van der Waals surface area contributed by atoms with Gasteiger partial charge >= 0.3 is 5.97 Å². The highest BCUT2D eigenvalue weighted by molar-refractivity contribution is 7.07. The first-order valence-electron chi connectivity index (χ1n) is 10.5. The highest BCUT2D eigenvalue weighted by Gasteiger charge is 2.33. The molecule has 0 fully saturated rings. The van der Waals surface area contributed by atoms with E-state index in [4.69, 9.17) is 9.47 Å². The summed E-state index contributed by atoms with van der Waals surface area (Å²) in [6.45, 7) is 3.63. The third kappa shape index (κ3) is 4.29. The second kappa shape index (κ2) is 9.48. The summed E-state index contributed by atoms with van der Waals surface area (Å²) in [6.07, 6.45) is 1.66. The summed E-state index contributed by atoms with van der Waals surface area (Å²) in [5.41, 5.74) is 1.87. The van der Waals surface area contributed by atoms with Gasteiger partial charge in [-0.3, -0.25) is 9.36 Å². The molecule has 0 bridgehead atoms. The van der Waals surface area contributed by atoms with Crippen LogP contribution in [-0.4, -0.2) is 30.2 Å². The maximum Gasteiger partial charge on any atom is 0.338 e. The number of hydrogen-bond donors (Lipinski definition) is 0. The van der Waals surface area contributed by atoms with Crippen molar-refractivity contribution in [2.24, 2.45) is 4.99 Å². The lowest BCUT2D eigenvalue weighted by molar-refractivity contribution is -0.255. The van der Waals surface area contributed by atoms with Crippen LogP contribution in [0.3, 0.4) is 0 Å². The lowest BCUT2D eigenvalue weighted by Crippen LogP contribution is -2.39. The molecule has 174 valence electrons. The number of carboxylic acids is 1. The summed E-state index contributed by atoms with van der Waals surface area (Å²) in [4.78, 5) is 42.4. The van der Waals surface area contributed by atoms with Crippen LogP contribution in [0.5, 0.6) is 5.75 Å². The Hall–Kier alpha value is -3.98. The van der Waals surface area contributed by atoms with Gasteiger partial charge in [0.1, 0.15) is 5.75 Å². The minimum atomic E-state index is -1.27. The Morgan fingerprint density at radius 2 is 1.82 bits per heavy atom. The number of allylic oxidation sites excluding steroid dienone is 1. The Morgan fingerprint density at radius 1 is 1.15 bits per heavy atom. The van der Waals surface area contributed by atoms with Gasteiger partial charge in [-0.1, -0.05) is 47.7 Å². The number of nitrogens with zero attached hydrogens (tertiary/aromatic N) is 2. The first-order chi connectivity index (χ1) is 16.3. The van der Waals surface area contributed by atoms with Crippen molar-refractivity contribution in [3.05, 3.63) is 96.2 Å². The summed E-state index contributed by atoms with van der Waals surface area (Å²) >= 11 is 1.19. The van der Waals surface area contributed by atoms with Gasteiger partial charge in [-0.05, 0) is 48.7 Å². The van der Waals surface area contributed by atoms with Crippen molar-refractivity contribution in [1.29, 1.82) is 0 Å². The van der Waals surface area contributed by atoms with Gasteiger partial charge in [0.05, 0.1) is 41.5 Å². The van der Waals surface area contributed by atoms with Crippen molar-refractivity contribution in [3.8, 4) is 5.75 Å². The van der Waals surface area contributed by atoms with E-state index in [1.807, 2.05) is 0 Å². The fraction of sp³-hybridized carbons (Fsp3) is 0.200. The second-order valence-corrected chi connectivity index (χ2v) is 8.49. The zero-order chi connectivity index (χ0) is 24.4. The number of methoxy groups -OCH3 is 1. The number of fused-ring (bicyclic) bond motifs is 1. The number of aromatic nitrogens is 1. The molecule has 0 amide bonds. The molecule has 0 saturated heterocycles. The Morgan fingerprint density at radius 3 is 2.41 bits per heavy atom. The largest absolute Gasteiger partial charge is 0.545 e. The Kier molecular flexibility index (Phi) is 6.47. The summed E-state index contributed by atoms with van der Waals surface area (Å²) in [6, 6.07) is 12.4. The van der Waals surface area contributed by atoms with Crippen molar-refractivity contribution >= 4 is 29.4 Å². The van der Waals surface area contributed by atoms with E-state index in [1.54, 1.807) is 63.4 Å². The van der Waals surface area contributed by atoms with E-state index in [-0.39, 0.29) is 17.7 Å². The van der Waals surface area contributed by atoms with Crippen molar-refractivity contribution < 1.29 is 24.2 Å². The van der Waals surface area contributed by atoms with Crippen LogP contribution in [0.2, 0.25) is 0 Å². The van der Waals surface area contributed by atoms with E-state index in [2.05, 4.69) is 4.99 Å². The molecule has 1 atom stereocenters. The molecule has 3 aromatic rings. The third-order valence-electron chi connectivity index (χ3n) is 5.39. The highest BCUT2D eigenvalue weighted by Crippen LogP contribution is 2.31. The standard InChI is InChI=1S/C25H22N2O6S/c1-4-33-24(31)20-14(2)26-25-27(21(20)16-9-11-18(32-3)12-10-16)22(28)19(34-25)13-15-5-7-17(8-6-15)23(29)30/h5-13,21H,4H2,1-3H3,(H,29,30)/p-1/b19-13-/t21-/m0/s1. The first kappa shape index (κ1) is 23.2. The van der Waals surface area contributed by atoms with Crippen LogP contribution in [0.25, 0.3) is 6.08 Å². The van der Waals surface area contributed by atoms with Gasteiger partial charge < -0.3 is 19.4 Å². The lowest BCUT2D eigenvalue weighted by atomic mass is 9.96. The predicted molar refractivity (Wildman–Crippen MR) is 124 cm³/mol. The van der Waals surface area contributed by atoms with Crippen LogP contribution in [0, 0.1) is 0 Å². The molecule has 0 aliphatic carbocycles. The number of esters is 1. The number of rotatable bonds is 6. The van der Waals surface area contributed by atoms with Gasteiger partial charge in [-0.25, -0.2) is 9.79 Å². The van der Waals surface area contributed by atoms with Crippen LogP contribution in [0.15, 0.2) is 69.6 Å². The Balaban J connectivity index is 1.90. The summed E-state index contributed by atoms with van der Waals surface area (Å²) < 4.78 is 12.4. The Bertz CT molecular complexity index is 1460. The number of carbonyl (C=O) groups is 2. The van der Waals surface area contributed by atoms with Gasteiger partial charge in [0.2, 0.25) is 0 Å². The molecule has 9 heteroatoms. The summed E-state index contributed by atoms with van der Waals surface area (Å²) in [5.74, 6) is -1.15. The van der Waals surface area contributed by atoms with E-state index in [1.165, 1.54) is 28.0 Å². The zero-order valence-electron chi connectivity index (χ0n) is 18.7. The quantitative estimate of drug-likeness (QED) is 0.493. The number of thiazole rings is 1. The van der Waals surface area contributed by atoms with Crippen molar-refractivity contribution in [2.45, 2.75) is 19.9 Å². The molecule has 0 radical (unpaired) electrons. The topological polar surface area (TPSA) is 110 Å². The van der Waals surface area contributed by atoms with E-state index >= 15 is 0 Å². The second-order valence-electron chi connectivity index (χ2n) is 7.48. The van der Waals surface area contributed by atoms with Gasteiger partial charge in [0.25, 0.3) is 5.56 Å². The molecule has 0 saturated carbocycles. The maximum absolute atomic E-state index is 13.5. The predicted octanol–water partition coefficient (Wildman–Crippen LogP) is 1.17. The smallest absolute Gasteiger partial charge is 0.338 e. The van der Waals surface area contributed by atoms with E-state index < -0.39 is 18.0 Å². The molecular formula is C25H21N2O6S-. The van der Waals surface area contributed by atoms with E-state index in [9.17, 15) is 19.5 Å². The normalized spacial score (nSPS) is 15.5. The van der Waals surface area contributed by atoms with Crippen molar-refractivity contribution in [3.63, 3.8) is 0 Å². The molecular weight excluding hydrogens is 456 g/mol. The van der Waals surface area contributed by atoms with Gasteiger partial charge in [0.15, 0.2) is 4.80 Å². The molecule has 2 heterocycles. The monoisotopic (exact) mass is 477 g/mol. The number of carboxylic acid groups (broad SMARTS) is 1. The SMILES string of the molecule is CCOC(=O)C1=C(C)N=c2s/c(=C\c3ccc(C(=O)[O-])cc3)c(=O)n2[C@H]1c1ccc(OC)cc1. The number of hydrogen-bond acceptors (Lipinski definition) is 8. The number of benzene rings is 2. The average Bonchev–Trinajstić information content (AvgIpc) is 3.13. The molecule has 0 N–H and O–H groups in total. The minimum Gasteiger partial charge on any atom is -0.545 e. The molecule has 4 rings (SSSR count). The van der Waals surface area contributed by atoms with Crippen LogP contribution in [-0.2, 0) is 9.53 Å². The fourth-order valence-electron chi connectivity index (χ4n) is 3.76. The minimum absolute atomic E-state index is 0.0489. The van der Waals surface area contributed by atoms with Gasteiger partial charge in [0, 0.05) is 0 Å². The van der Waals surface area contributed by atoms with Crippen LogP contribution < -0.4 is 24.7 Å². The van der Waals surface area contributed by atoms with Gasteiger partial charge in [-0.2, -0.15) is 0 Å². The van der Waals surface area contributed by atoms with Crippen molar-refractivity contribution in [1.82, 2.24) is 4.57 Å². The van der Waals surface area contributed by atoms with Crippen LogP contribution in [0.4, 0.5) is 0 Å². The summed E-state index contributed by atoms with van der Waals surface area (Å²) in [5, 5.41) is 11.0. The molecule has 1 aromatic heterocycles.